The van der Waals surface area contributed by atoms with Gasteiger partial charge in [0.05, 0.1) is 20.8 Å². The van der Waals surface area contributed by atoms with Crippen molar-refractivity contribution in [2.24, 2.45) is 5.92 Å². The average molecular weight is 514 g/mol. The lowest BCUT2D eigenvalue weighted by molar-refractivity contribution is -0.120. The summed E-state index contributed by atoms with van der Waals surface area (Å²) in [6.07, 6.45) is 0.842. The third-order valence-electron chi connectivity index (χ3n) is 6.09. The van der Waals surface area contributed by atoms with Crippen molar-refractivity contribution in [1.82, 2.24) is 19.1 Å². The van der Waals surface area contributed by atoms with Crippen LogP contribution in [0.2, 0.25) is 0 Å². The van der Waals surface area contributed by atoms with E-state index in [2.05, 4.69) is 15.4 Å². The van der Waals surface area contributed by atoms with Crippen LogP contribution in [0.4, 0.5) is 10.2 Å². The molecule has 0 bridgehead atoms. The van der Waals surface area contributed by atoms with E-state index in [9.17, 15) is 17.6 Å². The zero-order valence-corrected chi connectivity index (χ0v) is 20.9. The van der Waals surface area contributed by atoms with Crippen molar-refractivity contribution in [2.75, 3.05) is 18.4 Å². The summed E-state index contributed by atoms with van der Waals surface area (Å²) in [5.74, 6) is -0.381. The molecule has 0 saturated carbocycles. The number of carbonyl (C=O) groups excluding carboxylic acids is 1. The van der Waals surface area contributed by atoms with Gasteiger partial charge in [0.15, 0.2) is 0 Å². The summed E-state index contributed by atoms with van der Waals surface area (Å²) in [5.41, 5.74) is 2.34. The van der Waals surface area contributed by atoms with Gasteiger partial charge in [-0.05, 0) is 57.0 Å². The first-order valence-corrected chi connectivity index (χ1v) is 13.5. The van der Waals surface area contributed by atoms with Gasteiger partial charge in [0.25, 0.3) is 0 Å². The van der Waals surface area contributed by atoms with E-state index in [1.165, 1.54) is 27.8 Å². The maximum absolute atomic E-state index is 13.6. The van der Waals surface area contributed by atoms with E-state index >= 15 is 0 Å². The molecule has 8 nitrogen and oxygen atoms in total. The van der Waals surface area contributed by atoms with Crippen LogP contribution in [0.3, 0.4) is 0 Å². The number of thiazole rings is 1. The summed E-state index contributed by atoms with van der Waals surface area (Å²) < 4.78 is 43.2. The molecule has 1 amide bonds. The third kappa shape index (κ3) is 4.71. The number of sulfonamides is 1. The predicted molar refractivity (Wildman–Crippen MR) is 133 cm³/mol. The van der Waals surface area contributed by atoms with Crippen molar-refractivity contribution in [2.45, 2.75) is 31.6 Å². The number of halogens is 1. The molecule has 35 heavy (non-hydrogen) atoms. The predicted octanol–water partition coefficient (Wildman–Crippen LogP) is 4.28. The van der Waals surface area contributed by atoms with Crippen LogP contribution in [0.5, 0.6) is 0 Å². The first-order valence-electron chi connectivity index (χ1n) is 11.2. The van der Waals surface area contributed by atoms with Crippen LogP contribution in [-0.4, -0.2) is 46.5 Å². The number of nitrogens with zero attached hydrogens (tertiary/aromatic N) is 4. The first kappa shape index (κ1) is 23.6. The van der Waals surface area contributed by atoms with Gasteiger partial charge < -0.3 is 5.32 Å². The lowest BCUT2D eigenvalue weighted by atomic mass is 9.97. The zero-order chi connectivity index (χ0) is 24.7. The second-order valence-electron chi connectivity index (χ2n) is 8.67. The SMILES string of the molecule is Cc1ccc(S(=O)(=O)N2CCC(C(=O)Nc3cc(C)nn3-c3nc4ccc(F)cc4s3)CC2)cc1. The Morgan fingerprint density at radius 3 is 2.51 bits per heavy atom. The van der Waals surface area contributed by atoms with E-state index in [1.54, 1.807) is 41.1 Å². The quantitative estimate of drug-likeness (QED) is 0.430. The van der Waals surface area contributed by atoms with Crippen LogP contribution in [0.25, 0.3) is 15.3 Å². The smallest absolute Gasteiger partial charge is 0.243 e. The molecule has 1 aliphatic heterocycles. The Bertz CT molecular complexity index is 1500. The maximum Gasteiger partial charge on any atom is 0.243 e. The fraction of sp³-hybridized carbons (Fsp3) is 0.292. The molecule has 4 aromatic rings. The standard InChI is InChI=1S/C24H24FN5O3S2/c1-15-3-6-19(7-4-15)35(32,33)29-11-9-17(10-12-29)23(31)27-22-13-16(2)28-30(22)24-26-20-8-5-18(25)14-21(20)34-24/h3-8,13-14,17H,9-12H2,1-2H3,(H,27,31). The summed E-state index contributed by atoms with van der Waals surface area (Å²) >= 11 is 1.28. The fourth-order valence-electron chi connectivity index (χ4n) is 4.16. The number of aryl methyl sites for hydroxylation is 2. The third-order valence-corrected chi connectivity index (χ3v) is 8.99. The molecule has 2 aromatic carbocycles. The van der Waals surface area contributed by atoms with Crippen molar-refractivity contribution in [1.29, 1.82) is 0 Å². The number of hydrogen-bond donors (Lipinski definition) is 1. The molecular weight excluding hydrogens is 489 g/mol. The molecule has 1 saturated heterocycles. The lowest BCUT2D eigenvalue weighted by Crippen LogP contribution is -2.41. The Hall–Kier alpha value is -3.15. The van der Waals surface area contributed by atoms with Crippen molar-refractivity contribution in [3.05, 3.63) is 65.6 Å². The molecule has 1 aliphatic rings. The van der Waals surface area contributed by atoms with Gasteiger partial charge in [-0.1, -0.05) is 29.0 Å². The van der Waals surface area contributed by atoms with E-state index in [4.69, 9.17) is 0 Å². The van der Waals surface area contributed by atoms with Gasteiger partial charge >= 0.3 is 0 Å². The van der Waals surface area contributed by atoms with Gasteiger partial charge in [-0.3, -0.25) is 4.79 Å². The molecule has 3 heterocycles. The normalized spacial score (nSPS) is 15.5. The topological polar surface area (TPSA) is 97.2 Å². The number of piperidine rings is 1. The van der Waals surface area contributed by atoms with Crippen molar-refractivity contribution < 1.29 is 17.6 Å². The second-order valence-corrected chi connectivity index (χ2v) is 11.6. The highest BCUT2D eigenvalue weighted by Crippen LogP contribution is 2.29. The number of nitrogens with one attached hydrogen (secondary N) is 1. The number of amides is 1. The minimum Gasteiger partial charge on any atom is -0.310 e. The summed E-state index contributed by atoms with van der Waals surface area (Å²) in [4.78, 5) is 17.8. The molecule has 0 aliphatic carbocycles. The summed E-state index contributed by atoms with van der Waals surface area (Å²) in [6, 6.07) is 12.9. The van der Waals surface area contributed by atoms with Crippen LogP contribution in [0.1, 0.15) is 24.1 Å². The van der Waals surface area contributed by atoms with E-state index in [0.717, 1.165) is 5.56 Å². The monoisotopic (exact) mass is 513 g/mol. The minimum absolute atomic E-state index is 0.189. The number of aromatic nitrogens is 3. The van der Waals surface area contributed by atoms with Gasteiger partial charge in [0, 0.05) is 25.1 Å². The highest BCUT2D eigenvalue weighted by atomic mass is 32.2. The van der Waals surface area contributed by atoms with E-state index in [0.29, 0.717) is 39.7 Å². The van der Waals surface area contributed by atoms with Crippen LogP contribution in [-0.2, 0) is 14.8 Å². The number of benzene rings is 2. The Labute approximate surface area is 206 Å². The zero-order valence-electron chi connectivity index (χ0n) is 19.2. The molecule has 0 radical (unpaired) electrons. The Morgan fingerprint density at radius 1 is 1.09 bits per heavy atom. The number of carbonyl (C=O) groups is 1. The largest absolute Gasteiger partial charge is 0.310 e. The van der Waals surface area contributed by atoms with Crippen LogP contribution in [0, 0.1) is 25.6 Å². The van der Waals surface area contributed by atoms with E-state index < -0.39 is 10.0 Å². The number of rotatable bonds is 5. The van der Waals surface area contributed by atoms with Gasteiger partial charge in [0.2, 0.25) is 21.1 Å². The van der Waals surface area contributed by atoms with Gasteiger partial charge in [0.1, 0.15) is 11.6 Å². The second kappa shape index (κ2) is 9.14. The lowest BCUT2D eigenvalue weighted by Gasteiger charge is -2.30. The summed E-state index contributed by atoms with van der Waals surface area (Å²) in [5, 5.41) is 7.90. The molecule has 0 spiro atoms. The van der Waals surface area contributed by atoms with Crippen molar-refractivity contribution >= 4 is 43.3 Å². The minimum atomic E-state index is -3.59. The van der Waals surface area contributed by atoms with Crippen molar-refractivity contribution in [3.63, 3.8) is 0 Å². The average Bonchev–Trinajstić information content (AvgIpc) is 3.41. The Kier molecular flexibility index (Phi) is 6.16. The van der Waals surface area contributed by atoms with E-state index in [-0.39, 0.29) is 35.6 Å². The molecule has 1 fully saturated rings. The molecule has 2 aromatic heterocycles. The van der Waals surface area contributed by atoms with Gasteiger partial charge in [-0.2, -0.15) is 14.1 Å². The number of fused-ring (bicyclic) bond motifs is 1. The molecule has 1 N–H and O–H groups in total. The molecule has 182 valence electrons. The molecule has 5 rings (SSSR count). The first-order chi connectivity index (χ1) is 16.7. The number of anilines is 1. The highest BCUT2D eigenvalue weighted by Gasteiger charge is 2.32. The highest BCUT2D eigenvalue weighted by molar-refractivity contribution is 7.89. The summed E-state index contributed by atoms with van der Waals surface area (Å²) in [6.45, 7) is 4.27. The van der Waals surface area contributed by atoms with E-state index in [1.807, 2.05) is 13.8 Å². The van der Waals surface area contributed by atoms with Gasteiger partial charge in [-0.25, -0.2) is 17.8 Å². The maximum atomic E-state index is 13.6. The van der Waals surface area contributed by atoms with Crippen LogP contribution < -0.4 is 5.32 Å². The molecule has 0 atom stereocenters. The number of hydrogen-bond acceptors (Lipinski definition) is 6. The molecular formula is C24H24FN5O3S2. The van der Waals surface area contributed by atoms with Crippen molar-refractivity contribution in [3.8, 4) is 5.13 Å². The fourth-order valence-corrected chi connectivity index (χ4v) is 6.58. The van der Waals surface area contributed by atoms with Crippen LogP contribution in [0.15, 0.2) is 53.4 Å². The summed E-state index contributed by atoms with van der Waals surface area (Å²) in [7, 11) is -3.59. The Morgan fingerprint density at radius 2 is 1.80 bits per heavy atom. The van der Waals surface area contributed by atoms with Gasteiger partial charge in [-0.15, -0.1) is 0 Å². The Balaban J connectivity index is 1.28. The molecule has 0 unspecified atom stereocenters. The van der Waals surface area contributed by atoms with Crippen LogP contribution >= 0.6 is 11.3 Å². The molecule has 11 heteroatoms.